The quantitative estimate of drug-likeness (QED) is 0.853. The number of halogens is 1. The number of anilines is 2. The number of sulfonamides is 1. The Bertz CT molecular complexity index is 773. The molecule has 6 heteroatoms. The van der Waals surface area contributed by atoms with Crippen LogP contribution < -0.4 is 10.5 Å². The Morgan fingerprint density at radius 1 is 1.24 bits per heavy atom. The first kappa shape index (κ1) is 15.3. The van der Waals surface area contributed by atoms with Gasteiger partial charge >= 0.3 is 0 Å². The van der Waals surface area contributed by atoms with Gasteiger partial charge in [0.05, 0.1) is 10.6 Å². The molecule has 0 aliphatic heterocycles. The smallest absolute Gasteiger partial charge is 0.262 e. The minimum atomic E-state index is -3.80. The third-order valence-electron chi connectivity index (χ3n) is 3.17. The van der Waals surface area contributed by atoms with Gasteiger partial charge < -0.3 is 5.73 Å². The number of hydrogen-bond donors (Lipinski definition) is 2. The molecule has 0 saturated heterocycles. The Balaban J connectivity index is 2.40. The van der Waals surface area contributed by atoms with E-state index < -0.39 is 15.8 Å². The Morgan fingerprint density at radius 2 is 1.95 bits per heavy atom. The molecule has 0 aliphatic carbocycles. The van der Waals surface area contributed by atoms with Crippen LogP contribution in [0.2, 0.25) is 0 Å². The van der Waals surface area contributed by atoms with E-state index in [4.69, 9.17) is 5.73 Å². The summed E-state index contributed by atoms with van der Waals surface area (Å²) in [6.45, 7) is 3.51. The molecule has 0 spiro atoms. The van der Waals surface area contributed by atoms with Crippen molar-refractivity contribution in [2.24, 2.45) is 0 Å². The molecule has 0 heterocycles. The highest BCUT2D eigenvalue weighted by Crippen LogP contribution is 2.24. The molecule has 0 atom stereocenters. The molecule has 21 heavy (non-hydrogen) atoms. The maximum atomic E-state index is 13.3. The Kier molecular flexibility index (Phi) is 4.18. The predicted octanol–water partition coefficient (Wildman–Crippen LogP) is 3.08. The van der Waals surface area contributed by atoms with Crippen LogP contribution in [0.25, 0.3) is 0 Å². The number of nitrogen functional groups attached to an aromatic ring is 1. The molecule has 2 rings (SSSR count). The van der Waals surface area contributed by atoms with Gasteiger partial charge in [-0.05, 0) is 48.7 Å². The largest absolute Gasteiger partial charge is 0.396 e. The molecule has 0 saturated carbocycles. The second-order valence-electron chi connectivity index (χ2n) is 4.80. The summed E-state index contributed by atoms with van der Waals surface area (Å²) >= 11 is 0. The van der Waals surface area contributed by atoms with E-state index in [0.29, 0.717) is 11.3 Å². The first-order valence-corrected chi connectivity index (χ1v) is 7.99. The van der Waals surface area contributed by atoms with Crippen molar-refractivity contribution in [1.29, 1.82) is 0 Å². The van der Waals surface area contributed by atoms with Crippen LogP contribution in [0.4, 0.5) is 15.8 Å². The van der Waals surface area contributed by atoms with E-state index in [2.05, 4.69) is 4.72 Å². The van der Waals surface area contributed by atoms with E-state index in [1.807, 2.05) is 13.0 Å². The van der Waals surface area contributed by atoms with Crippen molar-refractivity contribution in [1.82, 2.24) is 0 Å². The van der Waals surface area contributed by atoms with Gasteiger partial charge in [0.1, 0.15) is 5.82 Å². The molecule has 2 aromatic carbocycles. The van der Waals surface area contributed by atoms with E-state index in [0.717, 1.165) is 24.1 Å². The number of nitrogens with one attached hydrogen (secondary N) is 1. The molecule has 0 bridgehead atoms. The van der Waals surface area contributed by atoms with E-state index in [9.17, 15) is 12.8 Å². The number of nitrogens with two attached hydrogens (primary N) is 1. The van der Waals surface area contributed by atoms with Gasteiger partial charge in [-0.1, -0.05) is 19.1 Å². The highest BCUT2D eigenvalue weighted by atomic mass is 32.2. The molecule has 4 nitrogen and oxygen atoms in total. The summed E-state index contributed by atoms with van der Waals surface area (Å²) < 4.78 is 40.6. The van der Waals surface area contributed by atoms with Gasteiger partial charge in [0.2, 0.25) is 0 Å². The first-order chi connectivity index (χ1) is 9.83. The third-order valence-corrected chi connectivity index (χ3v) is 4.69. The lowest BCUT2D eigenvalue weighted by Crippen LogP contribution is -2.15. The van der Waals surface area contributed by atoms with Gasteiger partial charge in [0.15, 0.2) is 0 Å². The average Bonchev–Trinajstić information content (AvgIpc) is 2.42. The fourth-order valence-corrected chi connectivity index (χ4v) is 3.34. The number of benzene rings is 2. The van der Waals surface area contributed by atoms with Crippen molar-refractivity contribution in [3.05, 3.63) is 53.3 Å². The average molecular weight is 308 g/mol. The molecule has 0 unspecified atom stereocenters. The van der Waals surface area contributed by atoms with Crippen LogP contribution in [-0.2, 0) is 16.4 Å². The van der Waals surface area contributed by atoms with E-state index in [-0.39, 0.29) is 10.6 Å². The van der Waals surface area contributed by atoms with Crippen molar-refractivity contribution in [3.63, 3.8) is 0 Å². The lowest BCUT2D eigenvalue weighted by atomic mass is 10.1. The molecule has 0 amide bonds. The van der Waals surface area contributed by atoms with E-state index >= 15 is 0 Å². The maximum Gasteiger partial charge on any atom is 0.262 e. The van der Waals surface area contributed by atoms with Gasteiger partial charge in [-0.3, -0.25) is 4.72 Å². The number of hydrogen-bond acceptors (Lipinski definition) is 3. The lowest BCUT2D eigenvalue weighted by Gasteiger charge is -2.12. The molecular formula is C15H17FN2O2S. The van der Waals surface area contributed by atoms with Crippen LogP contribution in [0.3, 0.4) is 0 Å². The molecule has 0 aromatic heterocycles. The van der Waals surface area contributed by atoms with Gasteiger partial charge in [0.25, 0.3) is 10.0 Å². The summed E-state index contributed by atoms with van der Waals surface area (Å²) in [6.07, 6.45) is 0.804. The van der Waals surface area contributed by atoms with E-state index in [1.54, 1.807) is 18.2 Å². The fraction of sp³-hybridized carbons (Fsp3) is 0.200. The SMILES string of the molecule is CCc1cccc(NS(=O)(=O)c2cc(N)c(F)cc2C)c1. The standard InChI is InChI=1S/C15H17FN2O2S/c1-3-11-5-4-6-12(8-11)18-21(19,20)15-9-14(17)13(16)7-10(15)2/h4-9,18H,3,17H2,1-2H3. The molecule has 112 valence electrons. The van der Waals surface area contributed by atoms with Crippen molar-refractivity contribution >= 4 is 21.4 Å². The van der Waals surface area contributed by atoms with Crippen molar-refractivity contribution in [3.8, 4) is 0 Å². The zero-order valence-electron chi connectivity index (χ0n) is 11.9. The molecule has 3 N–H and O–H groups in total. The van der Waals surface area contributed by atoms with Gasteiger partial charge in [-0.2, -0.15) is 0 Å². The zero-order valence-corrected chi connectivity index (χ0v) is 12.7. The van der Waals surface area contributed by atoms with Gasteiger partial charge in [0, 0.05) is 5.69 Å². The summed E-state index contributed by atoms with van der Waals surface area (Å²) in [6, 6.07) is 9.38. The minimum Gasteiger partial charge on any atom is -0.396 e. The Morgan fingerprint density at radius 3 is 2.62 bits per heavy atom. The van der Waals surface area contributed by atoms with E-state index in [1.165, 1.54) is 6.92 Å². The van der Waals surface area contributed by atoms with Crippen LogP contribution in [0.5, 0.6) is 0 Å². The molecular weight excluding hydrogens is 291 g/mol. The Hall–Kier alpha value is -2.08. The topological polar surface area (TPSA) is 72.2 Å². The summed E-state index contributed by atoms with van der Waals surface area (Å²) in [5.41, 5.74) is 7.06. The monoisotopic (exact) mass is 308 g/mol. The first-order valence-electron chi connectivity index (χ1n) is 6.51. The summed E-state index contributed by atoms with van der Waals surface area (Å²) in [5, 5.41) is 0. The molecule has 2 aromatic rings. The van der Waals surface area contributed by atoms with Gasteiger partial charge in [-0.15, -0.1) is 0 Å². The number of rotatable bonds is 4. The van der Waals surface area contributed by atoms with Crippen molar-refractivity contribution in [2.75, 3.05) is 10.5 Å². The van der Waals surface area contributed by atoms with Crippen LogP contribution in [-0.4, -0.2) is 8.42 Å². The summed E-state index contributed by atoms with van der Waals surface area (Å²) in [7, 11) is -3.80. The zero-order chi connectivity index (χ0) is 15.6. The third kappa shape index (κ3) is 3.33. The molecule has 0 aliphatic rings. The van der Waals surface area contributed by atoms with Gasteiger partial charge in [-0.25, -0.2) is 12.8 Å². The van der Waals surface area contributed by atoms with Crippen LogP contribution >= 0.6 is 0 Å². The Labute approximate surface area is 123 Å². The van der Waals surface area contributed by atoms with Crippen LogP contribution in [0.15, 0.2) is 41.3 Å². The second-order valence-corrected chi connectivity index (χ2v) is 6.45. The summed E-state index contributed by atoms with van der Waals surface area (Å²) in [4.78, 5) is -0.0247. The highest BCUT2D eigenvalue weighted by Gasteiger charge is 2.19. The normalized spacial score (nSPS) is 11.4. The van der Waals surface area contributed by atoms with Crippen molar-refractivity contribution < 1.29 is 12.8 Å². The fourth-order valence-electron chi connectivity index (χ4n) is 2.02. The van der Waals surface area contributed by atoms with Crippen LogP contribution in [0, 0.1) is 12.7 Å². The second kappa shape index (κ2) is 5.73. The highest BCUT2D eigenvalue weighted by molar-refractivity contribution is 7.92. The lowest BCUT2D eigenvalue weighted by molar-refractivity contribution is 0.599. The predicted molar refractivity (Wildman–Crippen MR) is 82.2 cm³/mol. The van der Waals surface area contributed by atoms with Crippen LogP contribution in [0.1, 0.15) is 18.1 Å². The van der Waals surface area contributed by atoms with Crippen molar-refractivity contribution in [2.45, 2.75) is 25.2 Å². The summed E-state index contributed by atoms with van der Waals surface area (Å²) in [5.74, 6) is -0.626. The number of aryl methyl sites for hydroxylation is 2. The molecule has 0 fully saturated rings. The maximum absolute atomic E-state index is 13.3. The minimum absolute atomic E-state index is 0.0247. The molecule has 0 radical (unpaired) electrons.